The van der Waals surface area contributed by atoms with Crippen molar-refractivity contribution in [2.24, 2.45) is 0 Å². The minimum atomic E-state index is -1.01. The lowest BCUT2D eigenvalue weighted by Crippen LogP contribution is -2.26. The van der Waals surface area contributed by atoms with Gasteiger partial charge in [-0.3, -0.25) is 4.90 Å². The van der Waals surface area contributed by atoms with Crippen molar-refractivity contribution in [3.05, 3.63) is 59.9 Å². The first-order valence-electron chi connectivity index (χ1n) is 7.23. The van der Waals surface area contributed by atoms with E-state index in [4.69, 9.17) is 14.6 Å². The minimum Gasteiger partial charge on any atom is -0.490 e. The summed E-state index contributed by atoms with van der Waals surface area (Å²) in [6, 6.07) is 11.5. The van der Waals surface area contributed by atoms with Gasteiger partial charge < -0.3 is 14.6 Å². The Bertz CT molecular complexity index is 745. The van der Waals surface area contributed by atoms with Gasteiger partial charge >= 0.3 is 12.1 Å². The summed E-state index contributed by atoms with van der Waals surface area (Å²) >= 11 is 0. The van der Waals surface area contributed by atoms with Gasteiger partial charge in [0, 0.05) is 5.69 Å². The van der Waals surface area contributed by atoms with E-state index in [-0.39, 0.29) is 24.5 Å². The van der Waals surface area contributed by atoms with Crippen LogP contribution in [0.2, 0.25) is 0 Å². The highest BCUT2D eigenvalue weighted by Crippen LogP contribution is 2.22. The third-order valence-electron chi connectivity index (χ3n) is 3.55. The molecule has 24 heavy (non-hydrogen) atoms. The summed E-state index contributed by atoms with van der Waals surface area (Å²) in [7, 11) is 0. The van der Waals surface area contributed by atoms with E-state index in [1.807, 2.05) is 0 Å². The fourth-order valence-electron chi connectivity index (χ4n) is 2.32. The summed E-state index contributed by atoms with van der Waals surface area (Å²) in [6.07, 6.45) is -0.988. The summed E-state index contributed by atoms with van der Waals surface area (Å²) < 4.78 is 23.7. The maximum atomic E-state index is 12.9. The van der Waals surface area contributed by atoms with E-state index in [1.54, 1.807) is 0 Å². The highest BCUT2D eigenvalue weighted by atomic mass is 19.1. The van der Waals surface area contributed by atoms with Crippen molar-refractivity contribution >= 4 is 17.7 Å². The van der Waals surface area contributed by atoms with Crippen LogP contribution in [0.5, 0.6) is 5.75 Å². The van der Waals surface area contributed by atoms with Gasteiger partial charge in [0.2, 0.25) is 0 Å². The van der Waals surface area contributed by atoms with Crippen LogP contribution >= 0.6 is 0 Å². The number of carbonyl (C=O) groups is 2. The summed E-state index contributed by atoms with van der Waals surface area (Å²) in [5.41, 5.74) is 0.715. The van der Waals surface area contributed by atoms with Crippen molar-refractivity contribution in [1.82, 2.24) is 0 Å². The summed E-state index contributed by atoms with van der Waals surface area (Å²) in [4.78, 5) is 24.1. The van der Waals surface area contributed by atoms with Crippen molar-refractivity contribution in [2.45, 2.75) is 6.10 Å². The SMILES string of the molecule is O=C(O)c1ccc(OCC2CN(c3ccc(F)cc3)C(=O)O2)cc1. The zero-order valence-corrected chi connectivity index (χ0v) is 12.5. The second kappa shape index (κ2) is 6.57. The second-order valence-corrected chi connectivity index (χ2v) is 5.23. The van der Waals surface area contributed by atoms with Gasteiger partial charge in [0.15, 0.2) is 6.10 Å². The molecule has 1 fully saturated rings. The summed E-state index contributed by atoms with van der Waals surface area (Å²) in [5.74, 6) is -0.909. The van der Waals surface area contributed by atoms with Gasteiger partial charge in [0.05, 0.1) is 12.1 Å². The van der Waals surface area contributed by atoms with Gasteiger partial charge in [-0.2, -0.15) is 0 Å². The fourth-order valence-corrected chi connectivity index (χ4v) is 2.32. The van der Waals surface area contributed by atoms with Crippen LogP contribution in [0.4, 0.5) is 14.9 Å². The molecule has 1 saturated heterocycles. The fraction of sp³-hybridized carbons (Fsp3) is 0.176. The van der Waals surface area contributed by atoms with Crippen molar-refractivity contribution in [3.8, 4) is 5.75 Å². The number of aromatic carboxylic acids is 1. The van der Waals surface area contributed by atoms with Crippen LogP contribution in [0.15, 0.2) is 48.5 Å². The molecule has 1 aliphatic heterocycles. The third kappa shape index (κ3) is 3.45. The van der Waals surface area contributed by atoms with E-state index in [9.17, 15) is 14.0 Å². The van der Waals surface area contributed by atoms with Gasteiger partial charge in [-0.1, -0.05) is 0 Å². The molecule has 2 aromatic carbocycles. The first kappa shape index (κ1) is 15.8. The maximum absolute atomic E-state index is 12.9. The number of carbonyl (C=O) groups excluding carboxylic acids is 1. The number of carboxylic acid groups (broad SMARTS) is 1. The monoisotopic (exact) mass is 331 g/mol. The van der Waals surface area contributed by atoms with Crippen molar-refractivity contribution < 1.29 is 28.6 Å². The molecule has 1 unspecified atom stereocenters. The molecule has 1 N–H and O–H groups in total. The normalized spacial score (nSPS) is 16.8. The van der Waals surface area contributed by atoms with E-state index in [2.05, 4.69) is 0 Å². The van der Waals surface area contributed by atoms with Crippen LogP contribution in [-0.4, -0.2) is 36.4 Å². The minimum absolute atomic E-state index is 0.135. The number of rotatable bonds is 5. The number of hydrogen-bond acceptors (Lipinski definition) is 4. The Balaban J connectivity index is 1.58. The molecule has 0 radical (unpaired) electrons. The molecule has 1 aliphatic rings. The smallest absolute Gasteiger partial charge is 0.414 e. The molecule has 1 atom stereocenters. The topological polar surface area (TPSA) is 76.1 Å². The predicted octanol–water partition coefficient (Wildman–Crippen LogP) is 2.93. The lowest BCUT2D eigenvalue weighted by Gasteiger charge is -2.13. The molecule has 0 bridgehead atoms. The molecule has 1 heterocycles. The molecule has 124 valence electrons. The van der Waals surface area contributed by atoms with E-state index in [1.165, 1.54) is 53.4 Å². The summed E-state index contributed by atoms with van der Waals surface area (Å²) in [6.45, 7) is 0.424. The van der Waals surface area contributed by atoms with Crippen LogP contribution < -0.4 is 9.64 Å². The van der Waals surface area contributed by atoms with Gasteiger partial charge in [0.1, 0.15) is 18.2 Å². The predicted molar refractivity (Wildman–Crippen MR) is 82.9 cm³/mol. The zero-order chi connectivity index (χ0) is 17.1. The van der Waals surface area contributed by atoms with E-state index >= 15 is 0 Å². The van der Waals surface area contributed by atoms with Gasteiger partial charge in [-0.15, -0.1) is 0 Å². The number of benzene rings is 2. The van der Waals surface area contributed by atoms with Crippen LogP contribution in [0.3, 0.4) is 0 Å². The molecule has 3 rings (SSSR count). The number of cyclic esters (lactones) is 1. The number of nitrogens with zero attached hydrogens (tertiary/aromatic N) is 1. The number of halogens is 1. The Kier molecular flexibility index (Phi) is 4.33. The van der Waals surface area contributed by atoms with E-state index in [0.717, 1.165) is 0 Å². The Hall–Kier alpha value is -3.09. The Morgan fingerprint density at radius 3 is 2.50 bits per heavy atom. The van der Waals surface area contributed by atoms with Gasteiger partial charge in [-0.05, 0) is 48.5 Å². The van der Waals surface area contributed by atoms with Gasteiger partial charge in [-0.25, -0.2) is 14.0 Å². The van der Waals surface area contributed by atoms with Crippen molar-refractivity contribution in [3.63, 3.8) is 0 Å². The summed E-state index contributed by atoms with van der Waals surface area (Å²) in [5, 5.41) is 8.83. The Morgan fingerprint density at radius 1 is 1.21 bits per heavy atom. The number of carboxylic acids is 1. The average molecular weight is 331 g/mol. The molecular formula is C17H14FNO5. The Labute approximate surface area is 137 Å². The van der Waals surface area contributed by atoms with E-state index < -0.39 is 18.2 Å². The van der Waals surface area contributed by atoms with Crippen LogP contribution in [-0.2, 0) is 4.74 Å². The molecule has 0 aromatic heterocycles. The van der Waals surface area contributed by atoms with Crippen LogP contribution in [0.25, 0.3) is 0 Å². The molecule has 1 amide bonds. The highest BCUT2D eigenvalue weighted by molar-refractivity contribution is 5.89. The highest BCUT2D eigenvalue weighted by Gasteiger charge is 2.32. The van der Waals surface area contributed by atoms with Crippen molar-refractivity contribution in [1.29, 1.82) is 0 Å². The van der Waals surface area contributed by atoms with Crippen LogP contribution in [0.1, 0.15) is 10.4 Å². The molecule has 0 spiro atoms. The van der Waals surface area contributed by atoms with Gasteiger partial charge in [0.25, 0.3) is 0 Å². The lowest BCUT2D eigenvalue weighted by molar-refractivity contribution is 0.0696. The average Bonchev–Trinajstić information content (AvgIpc) is 2.95. The quantitative estimate of drug-likeness (QED) is 0.911. The number of amides is 1. The number of anilines is 1. The molecular weight excluding hydrogens is 317 g/mol. The molecule has 0 aliphatic carbocycles. The largest absolute Gasteiger partial charge is 0.490 e. The molecule has 0 saturated carbocycles. The zero-order valence-electron chi connectivity index (χ0n) is 12.5. The van der Waals surface area contributed by atoms with Crippen molar-refractivity contribution in [2.75, 3.05) is 18.1 Å². The molecule has 7 heteroatoms. The number of ether oxygens (including phenoxy) is 2. The second-order valence-electron chi connectivity index (χ2n) is 5.23. The van der Waals surface area contributed by atoms with Crippen LogP contribution in [0, 0.1) is 5.82 Å². The standard InChI is InChI=1S/C17H14FNO5/c18-12-3-5-13(6-4-12)19-9-15(24-17(19)22)10-23-14-7-1-11(2-8-14)16(20)21/h1-8,15H,9-10H2,(H,20,21). The Morgan fingerprint density at radius 2 is 1.88 bits per heavy atom. The first-order valence-corrected chi connectivity index (χ1v) is 7.23. The molecule has 2 aromatic rings. The number of hydrogen-bond donors (Lipinski definition) is 1. The maximum Gasteiger partial charge on any atom is 0.414 e. The van der Waals surface area contributed by atoms with E-state index in [0.29, 0.717) is 11.4 Å². The third-order valence-corrected chi connectivity index (χ3v) is 3.55. The lowest BCUT2D eigenvalue weighted by atomic mass is 10.2. The molecule has 6 nitrogen and oxygen atoms in total. The first-order chi connectivity index (χ1) is 11.5.